The van der Waals surface area contributed by atoms with Crippen molar-refractivity contribution in [3.63, 3.8) is 0 Å². The van der Waals surface area contributed by atoms with E-state index in [1.54, 1.807) is 15.8 Å². The molecular weight excluding hydrogens is 358 g/mol. The van der Waals surface area contributed by atoms with Crippen LogP contribution in [-0.2, 0) is 11.8 Å². The molecule has 0 aromatic carbocycles. The Morgan fingerprint density at radius 3 is 2.82 bits per heavy atom. The Balaban J connectivity index is 1.50. The van der Waals surface area contributed by atoms with Crippen molar-refractivity contribution in [2.45, 2.75) is 39.2 Å². The minimum absolute atomic E-state index is 0.00934. The predicted molar refractivity (Wildman–Crippen MR) is 104 cm³/mol. The second-order valence-electron chi connectivity index (χ2n) is 7.29. The van der Waals surface area contributed by atoms with E-state index in [9.17, 15) is 4.79 Å². The largest absolute Gasteiger partial charge is 0.358 e. The predicted octanol–water partition coefficient (Wildman–Crippen LogP) is 2.51. The molecule has 0 aliphatic carbocycles. The standard InChI is InChI=1S/C19H23N7O2/c1-11(2)17-22-18(28-24-17)13-5-7-20-15(10-13)21-14-6-8-26(19(14)27)16-9-12(3)23-25(16)4/h5,7,9-11,14H,6,8H2,1-4H3,(H,20,21). The number of carbonyl (C=O) groups is 1. The fraction of sp³-hybridized carbons (Fsp3) is 0.421. The van der Waals surface area contributed by atoms with Gasteiger partial charge in [0.15, 0.2) is 5.82 Å². The van der Waals surface area contributed by atoms with Crippen molar-refractivity contribution in [2.24, 2.45) is 7.05 Å². The second-order valence-corrected chi connectivity index (χ2v) is 7.29. The number of hydrogen-bond acceptors (Lipinski definition) is 7. The lowest BCUT2D eigenvalue weighted by molar-refractivity contribution is -0.117. The van der Waals surface area contributed by atoms with Gasteiger partial charge in [-0.15, -0.1) is 0 Å². The first-order valence-electron chi connectivity index (χ1n) is 9.31. The number of rotatable bonds is 5. The van der Waals surface area contributed by atoms with E-state index in [-0.39, 0.29) is 17.9 Å². The lowest BCUT2D eigenvalue weighted by Gasteiger charge is -2.17. The van der Waals surface area contributed by atoms with Gasteiger partial charge in [0.1, 0.15) is 17.7 Å². The minimum atomic E-state index is -0.341. The third-order valence-electron chi connectivity index (χ3n) is 4.75. The quantitative estimate of drug-likeness (QED) is 0.724. The average molecular weight is 381 g/mol. The van der Waals surface area contributed by atoms with Crippen LogP contribution >= 0.6 is 0 Å². The zero-order valence-electron chi connectivity index (χ0n) is 16.4. The van der Waals surface area contributed by atoms with Gasteiger partial charge in [-0.05, 0) is 25.5 Å². The van der Waals surface area contributed by atoms with Crippen LogP contribution in [0.15, 0.2) is 28.9 Å². The van der Waals surface area contributed by atoms with E-state index in [1.165, 1.54) is 0 Å². The molecule has 1 atom stereocenters. The molecule has 0 saturated carbocycles. The average Bonchev–Trinajstić information content (AvgIpc) is 3.36. The minimum Gasteiger partial charge on any atom is -0.358 e. The lowest BCUT2D eigenvalue weighted by atomic mass is 10.2. The van der Waals surface area contributed by atoms with Gasteiger partial charge >= 0.3 is 0 Å². The molecule has 4 rings (SSSR count). The summed E-state index contributed by atoms with van der Waals surface area (Å²) in [5, 5.41) is 11.6. The highest BCUT2D eigenvalue weighted by Gasteiger charge is 2.34. The number of pyridine rings is 1. The summed E-state index contributed by atoms with van der Waals surface area (Å²) >= 11 is 0. The highest BCUT2D eigenvalue weighted by Crippen LogP contribution is 2.25. The number of nitrogens with one attached hydrogen (secondary N) is 1. The summed E-state index contributed by atoms with van der Waals surface area (Å²) in [6, 6.07) is 5.21. The van der Waals surface area contributed by atoms with Gasteiger partial charge in [0, 0.05) is 37.3 Å². The molecule has 9 nitrogen and oxygen atoms in total. The first-order valence-corrected chi connectivity index (χ1v) is 9.31. The molecule has 1 saturated heterocycles. The van der Waals surface area contributed by atoms with E-state index < -0.39 is 0 Å². The van der Waals surface area contributed by atoms with Gasteiger partial charge in [-0.3, -0.25) is 14.4 Å². The van der Waals surface area contributed by atoms with Crippen molar-refractivity contribution in [1.82, 2.24) is 24.9 Å². The van der Waals surface area contributed by atoms with E-state index in [4.69, 9.17) is 4.52 Å². The lowest BCUT2D eigenvalue weighted by Crippen LogP contribution is -2.34. The molecule has 146 valence electrons. The maximum atomic E-state index is 12.9. The van der Waals surface area contributed by atoms with Crippen LogP contribution in [0.1, 0.15) is 37.7 Å². The number of amides is 1. The SMILES string of the molecule is Cc1cc(N2CCC(Nc3cc(-c4nc(C(C)C)no4)ccn3)C2=O)n(C)n1. The van der Waals surface area contributed by atoms with Crippen molar-refractivity contribution in [1.29, 1.82) is 0 Å². The molecule has 1 aliphatic rings. The summed E-state index contributed by atoms with van der Waals surface area (Å²) in [5.74, 6) is 2.71. The van der Waals surface area contributed by atoms with E-state index in [0.29, 0.717) is 30.5 Å². The fourth-order valence-electron chi connectivity index (χ4n) is 3.30. The van der Waals surface area contributed by atoms with Crippen LogP contribution in [0, 0.1) is 6.92 Å². The Kier molecular flexibility index (Phi) is 4.58. The second kappa shape index (κ2) is 7.06. The Morgan fingerprint density at radius 2 is 2.14 bits per heavy atom. The molecule has 1 amide bonds. The molecule has 3 aromatic heterocycles. The van der Waals surface area contributed by atoms with E-state index in [2.05, 4.69) is 25.5 Å². The molecule has 0 radical (unpaired) electrons. The zero-order chi connectivity index (χ0) is 19.8. The molecule has 9 heteroatoms. The fourth-order valence-corrected chi connectivity index (χ4v) is 3.30. The normalized spacial score (nSPS) is 17.0. The summed E-state index contributed by atoms with van der Waals surface area (Å²) in [7, 11) is 1.84. The van der Waals surface area contributed by atoms with E-state index >= 15 is 0 Å². The molecule has 1 N–H and O–H groups in total. The Labute approximate surface area is 162 Å². The van der Waals surface area contributed by atoms with Crippen molar-refractivity contribution in [2.75, 3.05) is 16.8 Å². The number of carbonyl (C=O) groups excluding carboxylic acids is 1. The maximum Gasteiger partial charge on any atom is 0.258 e. The summed E-state index contributed by atoms with van der Waals surface area (Å²) in [5.41, 5.74) is 1.65. The van der Waals surface area contributed by atoms with Crippen LogP contribution in [0.25, 0.3) is 11.5 Å². The summed E-state index contributed by atoms with van der Waals surface area (Å²) in [6.45, 7) is 6.57. The van der Waals surface area contributed by atoms with Crippen molar-refractivity contribution in [3.8, 4) is 11.5 Å². The van der Waals surface area contributed by atoms with Crippen LogP contribution in [-0.4, -0.2) is 43.4 Å². The smallest absolute Gasteiger partial charge is 0.258 e. The zero-order valence-corrected chi connectivity index (χ0v) is 16.4. The number of anilines is 2. The summed E-state index contributed by atoms with van der Waals surface area (Å²) in [6.07, 6.45) is 2.35. The van der Waals surface area contributed by atoms with Crippen LogP contribution in [0.2, 0.25) is 0 Å². The monoisotopic (exact) mass is 381 g/mol. The molecule has 1 fully saturated rings. The number of aromatic nitrogens is 5. The topological polar surface area (TPSA) is 102 Å². The number of hydrogen-bond donors (Lipinski definition) is 1. The number of aryl methyl sites for hydroxylation is 2. The first kappa shape index (κ1) is 18.1. The third kappa shape index (κ3) is 3.35. The Morgan fingerprint density at radius 1 is 1.32 bits per heavy atom. The van der Waals surface area contributed by atoms with Crippen LogP contribution in [0.4, 0.5) is 11.6 Å². The molecule has 0 spiro atoms. The Hall–Kier alpha value is -3.23. The molecule has 1 aliphatic heterocycles. The Bertz CT molecular complexity index is 1010. The third-order valence-corrected chi connectivity index (χ3v) is 4.75. The molecule has 1 unspecified atom stereocenters. The number of nitrogens with zero attached hydrogens (tertiary/aromatic N) is 6. The first-order chi connectivity index (χ1) is 13.4. The van der Waals surface area contributed by atoms with Crippen molar-refractivity contribution in [3.05, 3.63) is 35.9 Å². The van der Waals surface area contributed by atoms with Crippen molar-refractivity contribution >= 4 is 17.5 Å². The highest BCUT2D eigenvalue weighted by molar-refractivity contribution is 6.00. The van der Waals surface area contributed by atoms with Crippen LogP contribution < -0.4 is 10.2 Å². The summed E-state index contributed by atoms with van der Waals surface area (Å²) < 4.78 is 7.08. The van der Waals surface area contributed by atoms with Gasteiger partial charge in [0.25, 0.3) is 11.8 Å². The van der Waals surface area contributed by atoms with E-state index in [1.807, 2.05) is 46.0 Å². The molecule has 4 heterocycles. The van der Waals surface area contributed by atoms with Gasteiger partial charge in [-0.2, -0.15) is 10.1 Å². The van der Waals surface area contributed by atoms with E-state index in [0.717, 1.165) is 17.1 Å². The van der Waals surface area contributed by atoms with Crippen molar-refractivity contribution < 1.29 is 9.32 Å². The maximum absolute atomic E-state index is 12.9. The molecule has 0 bridgehead atoms. The van der Waals surface area contributed by atoms with Crippen LogP contribution in [0.3, 0.4) is 0 Å². The van der Waals surface area contributed by atoms with Gasteiger partial charge < -0.3 is 9.84 Å². The molecule has 3 aromatic rings. The van der Waals surface area contributed by atoms with Gasteiger partial charge in [0.05, 0.1) is 5.69 Å². The van der Waals surface area contributed by atoms with Gasteiger partial charge in [0.2, 0.25) is 0 Å². The van der Waals surface area contributed by atoms with Gasteiger partial charge in [-0.25, -0.2) is 4.98 Å². The van der Waals surface area contributed by atoms with Gasteiger partial charge in [-0.1, -0.05) is 19.0 Å². The highest BCUT2D eigenvalue weighted by atomic mass is 16.5. The molecule has 28 heavy (non-hydrogen) atoms. The molecular formula is C19H23N7O2. The summed E-state index contributed by atoms with van der Waals surface area (Å²) in [4.78, 5) is 23.4. The van der Waals surface area contributed by atoms with Crippen LogP contribution in [0.5, 0.6) is 0 Å².